The van der Waals surface area contributed by atoms with Crippen molar-refractivity contribution in [3.05, 3.63) is 48.3 Å². The number of hydrogen-bond acceptors (Lipinski definition) is 3. The van der Waals surface area contributed by atoms with Crippen molar-refractivity contribution in [3.8, 4) is 5.69 Å². The summed E-state index contributed by atoms with van der Waals surface area (Å²) in [5.41, 5.74) is 1.71. The third-order valence-electron chi connectivity index (χ3n) is 3.94. The van der Waals surface area contributed by atoms with Gasteiger partial charge in [-0.25, -0.2) is 13.5 Å². The first-order valence-electron chi connectivity index (χ1n) is 7.47. The van der Waals surface area contributed by atoms with Crippen LogP contribution in [0.1, 0.15) is 24.9 Å². The molecule has 23 heavy (non-hydrogen) atoms. The van der Waals surface area contributed by atoms with E-state index in [1.165, 1.54) is 0 Å². The van der Waals surface area contributed by atoms with E-state index in [0.717, 1.165) is 11.3 Å². The highest BCUT2D eigenvalue weighted by Crippen LogP contribution is 2.26. The molecule has 0 spiro atoms. The molecule has 1 aliphatic heterocycles. The maximum absolute atomic E-state index is 13.2. The minimum atomic E-state index is -2.82. The summed E-state index contributed by atoms with van der Waals surface area (Å²) in [6, 6.07) is 8.17. The first kappa shape index (κ1) is 15.6. The van der Waals surface area contributed by atoms with Crippen LogP contribution in [-0.4, -0.2) is 34.2 Å². The number of carbonyl (C=O) groups is 1. The van der Waals surface area contributed by atoms with Crippen molar-refractivity contribution in [1.29, 1.82) is 0 Å². The first-order chi connectivity index (χ1) is 11.0. The quantitative estimate of drug-likeness (QED) is 0.906. The van der Waals surface area contributed by atoms with E-state index in [4.69, 9.17) is 0 Å². The van der Waals surface area contributed by atoms with E-state index >= 15 is 0 Å². The van der Waals surface area contributed by atoms with Gasteiger partial charge in [-0.1, -0.05) is 18.2 Å². The molecular formula is C16H18F2N4O. The molecule has 2 atom stereocenters. The Morgan fingerprint density at radius 3 is 2.87 bits per heavy atom. The fraction of sp³-hybridized carbons (Fsp3) is 0.375. The SMILES string of the molecule is CC(NC(=O)C1CC(F)(F)CN1)c1ccccc1-n1cccn1. The van der Waals surface area contributed by atoms with Crippen LogP contribution in [0, 0.1) is 0 Å². The number of aromatic nitrogens is 2. The Morgan fingerprint density at radius 2 is 2.22 bits per heavy atom. The van der Waals surface area contributed by atoms with Crippen LogP contribution in [0.5, 0.6) is 0 Å². The van der Waals surface area contributed by atoms with Crippen LogP contribution >= 0.6 is 0 Å². The summed E-state index contributed by atoms with van der Waals surface area (Å²) in [6.45, 7) is 1.37. The largest absolute Gasteiger partial charge is 0.348 e. The molecule has 0 aliphatic carbocycles. The average Bonchev–Trinajstić information content (AvgIpc) is 3.16. The van der Waals surface area contributed by atoms with E-state index in [2.05, 4.69) is 15.7 Å². The van der Waals surface area contributed by atoms with Crippen LogP contribution in [0.2, 0.25) is 0 Å². The van der Waals surface area contributed by atoms with Crippen molar-refractivity contribution in [2.24, 2.45) is 0 Å². The second-order valence-electron chi connectivity index (χ2n) is 5.73. The molecule has 1 fully saturated rings. The zero-order valence-corrected chi connectivity index (χ0v) is 12.7. The molecule has 1 aromatic carbocycles. The molecule has 1 aliphatic rings. The van der Waals surface area contributed by atoms with Gasteiger partial charge in [0.05, 0.1) is 24.3 Å². The van der Waals surface area contributed by atoms with Gasteiger partial charge in [-0.15, -0.1) is 0 Å². The number of carbonyl (C=O) groups excluding carboxylic acids is 1. The van der Waals surface area contributed by atoms with Gasteiger partial charge in [0.15, 0.2) is 0 Å². The number of para-hydroxylation sites is 1. The summed E-state index contributed by atoms with van der Waals surface area (Å²) in [5.74, 6) is -3.23. The molecule has 2 unspecified atom stereocenters. The van der Waals surface area contributed by atoms with Gasteiger partial charge in [-0.3, -0.25) is 10.1 Å². The Labute approximate surface area is 132 Å². The molecule has 1 saturated heterocycles. The maximum Gasteiger partial charge on any atom is 0.262 e. The molecule has 1 aromatic heterocycles. The Morgan fingerprint density at radius 1 is 1.43 bits per heavy atom. The smallest absolute Gasteiger partial charge is 0.262 e. The zero-order valence-electron chi connectivity index (χ0n) is 12.7. The monoisotopic (exact) mass is 320 g/mol. The minimum Gasteiger partial charge on any atom is -0.348 e. The van der Waals surface area contributed by atoms with Crippen LogP contribution < -0.4 is 10.6 Å². The standard InChI is InChI=1S/C16H18F2N4O/c1-11(21-15(23)13-9-16(17,18)10-19-13)12-5-2-3-6-14(12)22-8-4-7-20-22/h2-8,11,13,19H,9-10H2,1H3,(H,21,23). The van der Waals surface area contributed by atoms with Crippen molar-refractivity contribution in [2.45, 2.75) is 31.4 Å². The second-order valence-corrected chi connectivity index (χ2v) is 5.73. The fourth-order valence-corrected chi connectivity index (χ4v) is 2.77. The topological polar surface area (TPSA) is 59.0 Å². The van der Waals surface area contributed by atoms with Gasteiger partial charge in [-0.2, -0.15) is 5.10 Å². The molecule has 0 bridgehead atoms. The molecule has 0 radical (unpaired) electrons. The summed E-state index contributed by atoms with van der Waals surface area (Å²) in [6.07, 6.45) is 3.02. The Bertz CT molecular complexity index is 687. The number of amides is 1. The lowest BCUT2D eigenvalue weighted by Crippen LogP contribution is -2.41. The van der Waals surface area contributed by atoms with Crippen LogP contribution in [0.15, 0.2) is 42.7 Å². The van der Waals surface area contributed by atoms with Gasteiger partial charge < -0.3 is 5.32 Å². The number of rotatable bonds is 4. The van der Waals surface area contributed by atoms with Gasteiger partial charge >= 0.3 is 0 Å². The summed E-state index contributed by atoms with van der Waals surface area (Å²) in [4.78, 5) is 12.2. The van der Waals surface area contributed by atoms with E-state index in [1.54, 1.807) is 10.9 Å². The molecule has 2 N–H and O–H groups in total. The number of halogens is 2. The first-order valence-corrected chi connectivity index (χ1v) is 7.47. The van der Waals surface area contributed by atoms with E-state index in [-0.39, 0.29) is 6.04 Å². The normalized spacial score (nSPS) is 21.1. The van der Waals surface area contributed by atoms with Crippen molar-refractivity contribution < 1.29 is 13.6 Å². The zero-order chi connectivity index (χ0) is 16.4. The summed E-state index contributed by atoms with van der Waals surface area (Å²) < 4.78 is 28.1. The van der Waals surface area contributed by atoms with Crippen molar-refractivity contribution in [2.75, 3.05) is 6.54 Å². The van der Waals surface area contributed by atoms with Crippen molar-refractivity contribution >= 4 is 5.91 Å². The Balaban J connectivity index is 1.74. The molecule has 2 heterocycles. The van der Waals surface area contributed by atoms with Gasteiger partial charge in [0.2, 0.25) is 5.91 Å². The Hall–Kier alpha value is -2.28. The average molecular weight is 320 g/mol. The highest BCUT2D eigenvalue weighted by Gasteiger charge is 2.42. The van der Waals surface area contributed by atoms with Crippen LogP contribution in [-0.2, 0) is 4.79 Å². The minimum absolute atomic E-state index is 0.320. The van der Waals surface area contributed by atoms with Gasteiger partial charge in [0.1, 0.15) is 0 Å². The van der Waals surface area contributed by atoms with Gasteiger partial charge in [0.25, 0.3) is 5.92 Å². The molecule has 0 saturated carbocycles. The number of alkyl halides is 2. The van der Waals surface area contributed by atoms with E-state index in [0.29, 0.717) is 0 Å². The molecule has 5 nitrogen and oxygen atoms in total. The third kappa shape index (κ3) is 3.39. The van der Waals surface area contributed by atoms with Crippen molar-refractivity contribution in [1.82, 2.24) is 20.4 Å². The highest BCUT2D eigenvalue weighted by atomic mass is 19.3. The molecular weight excluding hydrogens is 302 g/mol. The molecule has 1 amide bonds. The molecule has 122 valence electrons. The van der Waals surface area contributed by atoms with Crippen molar-refractivity contribution in [3.63, 3.8) is 0 Å². The third-order valence-corrected chi connectivity index (χ3v) is 3.94. The van der Waals surface area contributed by atoms with Crippen LogP contribution in [0.3, 0.4) is 0 Å². The second kappa shape index (κ2) is 6.08. The number of hydrogen-bond donors (Lipinski definition) is 2. The predicted molar refractivity (Wildman–Crippen MR) is 81.5 cm³/mol. The molecule has 3 rings (SSSR count). The lowest BCUT2D eigenvalue weighted by Gasteiger charge is -2.20. The maximum atomic E-state index is 13.2. The van der Waals surface area contributed by atoms with E-state index in [9.17, 15) is 13.6 Å². The van der Waals surface area contributed by atoms with Gasteiger partial charge in [-0.05, 0) is 24.6 Å². The summed E-state index contributed by atoms with van der Waals surface area (Å²) >= 11 is 0. The van der Waals surface area contributed by atoms with Crippen LogP contribution in [0.4, 0.5) is 8.78 Å². The number of nitrogens with zero attached hydrogens (tertiary/aromatic N) is 2. The van der Waals surface area contributed by atoms with E-state index < -0.39 is 30.8 Å². The predicted octanol–water partition coefficient (Wildman–Crippen LogP) is 2.05. The molecule has 2 aromatic rings. The number of benzene rings is 1. The van der Waals surface area contributed by atoms with Crippen LogP contribution in [0.25, 0.3) is 5.69 Å². The summed E-state index contributed by atoms with van der Waals surface area (Å²) in [7, 11) is 0. The van der Waals surface area contributed by atoms with Gasteiger partial charge in [0, 0.05) is 18.8 Å². The molecule has 7 heteroatoms. The lowest BCUT2D eigenvalue weighted by molar-refractivity contribution is -0.124. The summed E-state index contributed by atoms with van der Waals surface area (Å²) in [5, 5.41) is 9.57. The fourth-order valence-electron chi connectivity index (χ4n) is 2.77. The lowest BCUT2D eigenvalue weighted by atomic mass is 10.1. The highest BCUT2D eigenvalue weighted by molar-refractivity contribution is 5.82. The number of nitrogens with one attached hydrogen (secondary N) is 2. The Kier molecular flexibility index (Phi) is 4.12. The van der Waals surface area contributed by atoms with E-state index in [1.807, 2.05) is 43.5 Å².